The lowest BCUT2D eigenvalue weighted by atomic mass is 10.2. The van der Waals surface area contributed by atoms with Crippen LogP contribution in [0.5, 0.6) is 0 Å². The van der Waals surface area contributed by atoms with Gasteiger partial charge < -0.3 is 10.1 Å². The molecule has 1 heterocycles. The Kier molecular flexibility index (Phi) is 4.74. The molecule has 1 amide bonds. The van der Waals surface area contributed by atoms with Crippen LogP contribution in [0.2, 0.25) is 0 Å². The van der Waals surface area contributed by atoms with Crippen LogP contribution < -0.4 is 5.32 Å². The molecule has 0 spiro atoms. The molecule has 0 aliphatic rings. The van der Waals surface area contributed by atoms with Gasteiger partial charge in [0.15, 0.2) is 6.61 Å². The molecule has 3 aromatic rings. The Hall–Kier alpha value is -3.22. The summed E-state index contributed by atoms with van der Waals surface area (Å²) >= 11 is 0. The predicted molar refractivity (Wildman–Crippen MR) is 93.3 cm³/mol. The van der Waals surface area contributed by atoms with E-state index in [1.807, 2.05) is 32.0 Å². The monoisotopic (exact) mass is 338 g/mol. The molecule has 3 rings (SSSR count). The first-order valence-corrected chi connectivity index (χ1v) is 7.94. The minimum Gasteiger partial charge on any atom is -0.452 e. The summed E-state index contributed by atoms with van der Waals surface area (Å²) in [4.78, 5) is 24.1. The molecule has 0 aliphatic carbocycles. The van der Waals surface area contributed by atoms with E-state index in [1.54, 1.807) is 28.9 Å². The molecular formula is C18H18N4O3. The molecular weight excluding hydrogens is 320 g/mol. The van der Waals surface area contributed by atoms with Gasteiger partial charge in [-0.25, -0.2) is 9.48 Å². The van der Waals surface area contributed by atoms with Crippen molar-refractivity contribution >= 4 is 28.6 Å². The third kappa shape index (κ3) is 3.65. The van der Waals surface area contributed by atoms with Crippen LogP contribution in [-0.4, -0.2) is 33.5 Å². The summed E-state index contributed by atoms with van der Waals surface area (Å²) in [7, 11) is 0. The van der Waals surface area contributed by atoms with E-state index in [1.165, 1.54) is 0 Å². The number of ether oxygens (including phenoxy) is 1. The van der Waals surface area contributed by atoms with E-state index in [0.29, 0.717) is 23.3 Å². The number of esters is 1. The topological polar surface area (TPSA) is 86.1 Å². The number of hydrogen-bond acceptors (Lipinski definition) is 5. The number of benzene rings is 2. The Morgan fingerprint density at radius 3 is 2.76 bits per heavy atom. The molecule has 0 aliphatic heterocycles. The molecule has 0 saturated heterocycles. The number of fused-ring (bicyclic) bond motifs is 1. The molecule has 25 heavy (non-hydrogen) atoms. The minimum absolute atomic E-state index is 0.333. The highest BCUT2D eigenvalue weighted by Crippen LogP contribution is 2.15. The van der Waals surface area contributed by atoms with Crippen molar-refractivity contribution in [3.05, 3.63) is 53.6 Å². The van der Waals surface area contributed by atoms with Gasteiger partial charge in [0.1, 0.15) is 5.52 Å². The van der Waals surface area contributed by atoms with Gasteiger partial charge in [-0.2, -0.15) is 0 Å². The molecule has 0 atom stereocenters. The number of carbonyl (C=O) groups is 2. The van der Waals surface area contributed by atoms with Crippen LogP contribution in [0.25, 0.3) is 11.0 Å². The van der Waals surface area contributed by atoms with Crippen LogP contribution in [-0.2, 0) is 16.1 Å². The maximum atomic E-state index is 12.1. The molecule has 0 radical (unpaired) electrons. The summed E-state index contributed by atoms with van der Waals surface area (Å²) in [5.41, 5.74) is 3.42. The normalized spacial score (nSPS) is 10.6. The summed E-state index contributed by atoms with van der Waals surface area (Å²) in [6, 6.07) is 12.4. The fourth-order valence-electron chi connectivity index (χ4n) is 2.45. The van der Waals surface area contributed by atoms with Gasteiger partial charge in [0.2, 0.25) is 0 Å². The molecule has 0 bridgehead atoms. The molecule has 2 aromatic carbocycles. The van der Waals surface area contributed by atoms with Gasteiger partial charge in [-0.15, -0.1) is 5.10 Å². The summed E-state index contributed by atoms with van der Waals surface area (Å²) in [6.07, 6.45) is 0. The zero-order chi connectivity index (χ0) is 17.8. The number of rotatable bonds is 5. The van der Waals surface area contributed by atoms with E-state index < -0.39 is 5.97 Å². The Balaban J connectivity index is 1.62. The SMILES string of the molecule is CCn1nnc2cc(C(=O)OCC(=O)Nc3ccccc3C)ccc21. The number of hydrogen-bond donors (Lipinski definition) is 1. The lowest BCUT2D eigenvalue weighted by Crippen LogP contribution is -2.21. The zero-order valence-corrected chi connectivity index (χ0v) is 14.0. The number of aryl methyl sites for hydroxylation is 2. The van der Waals surface area contributed by atoms with Crippen LogP contribution in [0.15, 0.2) is 42.5 Å². The quantitative estimate of drug-likeness (QED) is 0.723. The molecule has 1 N–H and O–H groups in total. The first kappa shape index (κ1) is 16.6. The zero-order valence-electron chi connectivity index (χ0n) is 14.0. The van der Waals surface area contributed by atoms with Crippen molar-refractivity contribution in [2.75, 3.05) is 11.9 Å². The fourth-order valence-corrected chi connectivity index (χ4v) is 2.45. The Labute approximate surface area is 144 Å². The predicted octanol–water partition coefficient (Wildman–Crippen LogP) is 2.56. The first-order valence-electron chi connectivity index (χ1n) is 7.94. The van der Waals surface area contributed by atoms with E-state index in [4.69, 9.17) is 4.74 Å². The molecule has 7 nitrogen and oxygen atoms in total. The highest BCUT2D eigenvalue weighted by molar-refractivity contribution is 5.97. The molecule has 7 heteroatoms. The first-order chi connectivity index (χ1) is 12.1. The van der Waals surface area contributed by atoms with Crippen molar-refractivity contribution in [1.82, 2.24) is 15.0 Å². The largest absolute Gasteiger partial charge is 0.452 e. The van der Waals surface area contributed by atoms with E-state index in [-0.39, 0.29) is 12.5 Å². The number of amides is 1. The number of para-hydroxylation sites is 1. The highest BCUT2D eigenvalue weighted by atomic mass is 16.5. The number of aromatic nitrogens is 3. The van der Waals surface area contributed by atoms with Crippen LogP contribution in [0.1, 0.15) is 22.8 Å². The minimum atomic E-state index is -0.576. The van der Waals surface area contributed by atoms with E-state index in [2.05, 4.69) is 15.6 Å². The second kappa shape index (κ2) is 7.12. The lowest BCUT2D eigenvalue weighted by Gasteiger charge is -2.08. The van der Waals surface area contributed by atoms with Crippen LogP contribution in [0.4, 0.5) is 5.69 Å². The van der Waals surface area contributed by atoms with Crippen LogP contribution in [0.3, 0.4) is 0 Å². The molecule has 1 aromatic heterocycles. The van der Waals surface area contributed by atoms with Gasteiger partial charge in [-0.05, 0) is 43.7 Å². The van der Waals surface area contributed by atoms with E-state index in [0.717, 1.165) is 11.1 Å². The molecule has 128 valence electrons. The van der Waals surface area contributed by atoms with Crippen LogP contribution >= 0.6 is 0 Å². The molecule has 0 saturated carbocycles. The highest BCUT2D eigenvalue weighted by Gasteiger charge is 2.13. The Bertz CT molecular complexity index is 933. The Morgan fingerprint density at radius 2 is 2.00 bits per heavy atom. The number of carbonyl (C=O) groups excluding carboxylic acids is 2. The average Bonchev–Trinajstić information content (AvgIpc) is 3.04. The van der Waals surface area contributed by atoms with Gasteiger partial charge in [0.25, 0.3) is 5.91 Å². The maximum absolute atomic E-state index is 12.1. The maximum Gasteiger partial charge on any atom is 0.338 e. The summed E-state index contributed by atoms with van der Waals surface area (Å²) in [5, 5.41) is 10.7. The van der Waals surface area contributed by atoms with Crippen molar-refractivity contribution in [1.29, 1.82) is 0 Å². The summed E-state index contributed by atoms with van der Waals surface area (Å²) < 4.78 is 6.81. The van der Waals surface area contributed by atoms with Gasteiger partial charge in [-0.3, -0.25) is 4.79 Å². The van der Waals surface area contributed by atoms with Crippen LogP contribution in [0, 0.1) is 6.92 Å². The van der Waals surface area contributed by atoms with Gasteiger partial charge in [0, 0.05) is 12.2 Å². The average molecular weight is 338 g/mol. The van der Waals surface area contributed by atoms with E-state index >= 15 is 0 Å². The van der Waals surface area contributed by atoms with Crippen molar-refractivity contribution in [3.8, 4) is 0 Å². The van der Waals surface area contributed by atoms with Crippen molar-refractivity contribution < 1.29 is 14.3 Å². The number of nitrogens with zero attached hydrogens (tertiary/aromatic N) is 3. The second-order valence-corrected chi connectivity index (χ2v) is 5.55. The lowest BCUT2D eigenvalue weighted by molar-refractivity contribution is -0.119. The third-order valence-electron chi connectivity index (χ3n) is 3.80. The molecule has 0 fully saturated rings. The van der Waals surface area contributed by atoms with E-state index in [9.17, 15) is 9.59 Å². The second-order valence-electron chi connectivity index (χ2n) is 5.55. The van der Waals surface area contributed by atoms with Crippen molar-refractivity contribution in [2.24, 2.45) is 0 Å². The Morgan fingerprint density at radius 1 is 1.20 bits per heavy atom. The number of nitrogens with one attached hydrogen (secondary N) is 1. The van der Waals surface area contributed by atoms with Gasteiger partial charge in [0.05, 0.1) is 11.1 Å². The third-order valence-corrected chi connectivity index (χ3v) is 3.80. The number of anilines is 1. The van der Waals surface area contributed by atoms with Crippen molar-refractivity contribution in [3.63, 3.8) is 0 Å². The smallest absolute Gasteiger partial charge is 0.338 e. The summed E-state index contributed by atoms with van der Waals surface area (Å²) in [5.74, 6) is -0.964. The summed E-state index contributed by atoms with van der Waals surface area (Å²) in [6.45, 7) is 4.19. The van der Waals surface area contributed by atoms with Crippen molar-refractivity contribution in [2.45, 2.75) is 20.4 Å². The molecule has 0 unspecified atom stereocenters. The standard InChI is InChI=1S/C18H18N4O3/c1-3-22-16-9-8-13(10-15(16)20-21-22)18(24)25-11-17(23)19-14-7-5-4-6-12(14)2/h4-10H,3,11H2,1-2H3,(H,19,23). The van der Waals surface area contributed by atoms with Gasteiger partial charge in [-0.1, -0.05) is 23.4 Å². The fraction of sp³-hybridized carbons (Fsp3) is 0.222. The van der Waals surface area contributed by atoms with Gasteiger partial charge >= 0.3 is 5.97 Å².